The molecule has 1 heterocycles. The molecule has 2 N–H and O–H groups in total. The smallest absolute Gasteiger partial charge is 0.253 e. The number of likely N-dealkylation sites (tertiary alicyclic amines) is 1. The summed E-state index contributed by atoms with van der Waals surface area (Å²) in [5.74, 6) is 0.177. The normalized spacial score (nSPS) is 21.5. The fourth-order valence-electron chi connectivity index (χ4n) is 4.00. The lowest BCUT2D eigenvalue weighted by Gasteiger charge is -2.44. The molecule has 114 valence electrons. The first-order valence-corrected chi connectivity index (χ1v) is 8.31. The highest BCUT2D eigenvalue weighted by Gasteiger charge is 2.36. The predicted molar refractivity (Wildman–Crippen MR) is 85.0 cm³/mol. The molecule has 3 heteroatoms. The second-order valence-electron chi connectivity index (χ2n) is 6.76. The summed E-state index contributed by atoms with van der Waals surface area (Å²) in [5.41, 5.74) is 8.03. The molecule has 1 saturated heterocycles. The molecule has 1 aliphatic carbocycles. The van der Waals surface area contributed by atoms with Crippen molar-refractivity contribution in [3.8, 4) is 0 Å². The zero-order valence-electron chi connectivity index (χ0n) is 12.8. The van der Waals surface area contributed by atoms with Crippen LogP contribution in [-0.4, -0.2) is 23.9 Å². The van der Waals surface area contributed by atoms with Crippen LogP contribution in [0.2, 0.25) is 0 Å². The van der Waals surface area contributed by atoms with Crippen LogP contribution in [0.15, 0.2) is 24.3 Å². The third-order valence-corrected chi connectivity index (χ3v) is 5.44. The minimum Gasteiger partial charge on any atom is -0.339 e. The predicted octanol–water partition coefficient (Wildman–Crippen LogP) is 3.33. The zero-order chi connectivity index (χ0) is 14.7. The van der Waals surface area contributed by atoms with Crippen molar-refractivity contribution >= 4 is 5.91 Å². The van der Waals surface area contributed by atoms with E-state index in [0.717, 1.165) is 24.2 Å². The van der Waals surface area contributed by atoms with Gasteiger partial charge in [0.25, 0.3) is 5.91 Å². The molecule has 0 unspecified atom stereocenters. The molecular weight excluding hydrogens is 260 g/mol. The first-order chi connectivity index (χ1) is 10.2. The third-order valence-electron chi connectivity index (χ3n) is 5.44. The van der Waals surface area contributed by atoms with Gasteiger partial charge in [-0.3, -0.25) is 4.79 Å². The van der Waals surface area contributed by atoms with E-state index in [-0.39, 0.29) is 5.91 Å². The number of hydrogen-bond donors (Lipinski definition) is 1. The zero-order valence-corrected chi connectivity index (χ0v) is 12.8. The van der Waals surface area contributed by atoms with Crippen LogP contribution < -0.4 is 5.73 Å². The monoisotopic (exact) mass is 286 g/mol. The molecule has 0 bridgehead atoms. The molecule has 1 saturated carbocycles. The Morgan fingerprint density at radius 1 is 1.10 bits per heavy atom. The molecule has 2 aliphatic rings. The maximum absolute atomic E-state index is 12.6. The minimum atomic E-state index is 0.177. The summed E-state index contributed by atoms with van der Waals surface area (Å²) >= 11 is 0. The van der Waals surface area contributed by atoms with Gasteiger partial charge in [-0.15, -0.1) is 0 Å². The summed E-state index contributed by atoms with van der Waals surface area (Å²) in [4.78, 5) is 14.7. The molecule has 1 aliphatic heterocycles. The Morgan fingerprint density at radius 3 is 2.48 bits per heavy atom. The van der Waals surface area contributed by atoms with E-state index in [1.54, 1.807) is 0 Å². The van der Waals surface area contributed by atoms with Crippen molar-refractivity contribution in [3.05, 3.63) is 35.4 Å². The lowest BCUT2D eigenvalue weighted by molar-refractivity contribution is 0.0472. The highest BCUT2D eigenvalue weighted by Crippen LogP contribution is 2.44. The fraction of sp³-hybridized carbons (Fsp3) is 0.611. The second kappa shape index (κ2) is 6.18. The van der Waals surface area contributed by atoms with Crippen LogP contribution in [0.3, 0.4) is 0 Å². The van der Waals surface area contributed by atoms with Crippen LogP contribution in [0.4, 0.5) is 0 Å². The number of rotatable bonds is 2. The quantitative estimate of drug-likeness (QED) is 0.906. The van der Waals surface area contributed by atoms with Crippen molar-refractivity contribution in [2.24, 2.45) is 11.1 Å². The van der Waals surface area contributed by atoms with Crippen molar-refractivity contribution in [1.29, 1.82) is 0 Å². The molecule has 0 atom stereocenters. The molecule has 3 rings (SSSR count). The van der Waals surface area contributed by atoms with E-state index in [2.05, 4.69) is 0 Å². The van der Waals surface area contributed by atoms with Crippen molar-refractivity contribution in [2.75, 3.05) is 13.1 Å². The summed E-state index contributed by atoms with van der Waals surface area (Å²) in [7, 11) is 0. The number of nitrogens with two attached hydrogens (primary N) is 1. The SMILES string of the molecule is NCc1cccc(C(=O)N2CCC3(CCCCC3)CC2)c1. The Hall–Kier alpha value is -1.35. The number of amides is 1. The van der Waals surface area contributed by atoms with E-state index in [4.69, 9.17) is 5.73 Å². The van der Waals surface area contributed by atoms with Crippen LogP contribution in [0.1, 0.15) is 60.9 Å². The van der Waals surface area contributed by atoms with Crippen LogP contribution >= 0.6 is 0 Å². The lowest BCUT2D eigenvalue weighted by Crippen LogP contribution is -2.43. The number of nitrogens with zero attached hydrogens (tertiary/aromatic N) is 1. The molecule has 1 aromatic rings. The van der Waals surface area contributed by atoms with Crippen molar-refractivity contribution in [2.45, 2.75) is 51.5 Å². The fourth-order valence-corrected chi connectivity index (χ4v) is 4.00. The topological polar surface area (TPSA) is 46.3 Å². The number of piperidine rings is 1. The first-order valence-electron chi connectivity index (χ1n) is 8.31. The summed E-state index contributed by atoms with van der Waals surface area (Å²) < 4.78 is 0. The Morgan fingerprint density at radius 2 is 1.81 bits per heavy atom. The lowest BCUT2D eigenvalue weighted by atomic mass is 9.68. The molecule has 1 aromatic carbocycles. The average Bonchev–Trinajstić information content (AvgIpc) is 2.56. The third kappa shape index (κ3) is 3.13. The molecule has 3 nitrogen and oxygen atoms in total. The van der Waals surface area contributed by atoms with Crippen LogP contribution in [0.5, 0.6) is 0 Å². The van der Waals surface area contributed by atoms with Gasteiger partial charge in [-0.25, -0.2) is 0 Å². The second-order valence-corrected chi connectivity index (χ2v) is 6.76. The van der Waals surface area contributed by atoms with Crippen LogP contribution in [0.25, 0.3) is 0 Å². The molecule has 0 radical (unpaired) electrons. The number of carbonyl (C=O) groups excluding carboxylic acids is 1. The van der Waals surface area contributed by atoms with Gasteiger partial charge >= 0.3 is 0 Å². The standard InChI is InChI=1S/C18H26N2O/c19-14-15-5-4-6-16(13-15)17(21)20-11-9-18(10-12-20)7-2-1-3-8-18/h4-6,13H,1-3,7-12,14,19H2. The van der Waals surface area contributed by atoms with Gasteiger partial charge in [0.05, 0.1) is 0 Å². The van der Waals surface area contributed by atoms with E-state index in [1.807, 2.05) is 29.2 Å². The van der Waals surface area contributed by atoms with Crippen LogP contribution in [-0.2, 0) is 6.54 Å². The van der Waals surface area contributed by atoms with E-state index < -0.39 is 0 Å². The minimum absolute atomic E-state index is 0.177. The maximum Gasteiger partial charge on any atom is 0.253 e. The molecule has 1 spiro atoms. The first kappa shape index (κ1) is 14.6. The van der Waals surface area contributed by atoms with Gasteiger partial charge in [-0.1, -0.05) is 31.4 Å². The number of hydrogen-bond acceptors (Lipinski definition) is 2. The Kier molecular flexibility index (Phi) is 4.29. The Balaban J connectivity index is 1.64. The van der Waals surface area contributed by atoms with Crippen LogP contribution in [0, 0.1) is 5.41 Å². The number of benzene rings is 1. The average molecular weight is 286 g/mol. The maximum atomic E-state index is 12.6. The summed E-state index contributed by atoms with van der Waals surface area (Å²) in [6, 6.07) is 7.76. The highest BCUT2D eigenvalue weighted by molar-refractivity contribution is 5.94. The van der Waals surface area contributed by atoms with Gasteiger partial charge in [0, 0.05) is 25.2 Å². The largest absolute Gasteiger partial charge is 0.339 e. The summed E-state index contributed by atoms with van der Waals surface area (Å²) in [5, 5.41) is 0. The van der Waals surface area contributed by atoms with Gasteiger partial charge < -0.3 is 10.6 Å². The van der Waals surface area contributed by atoms with E-state index >= 15 is 0 Å². The summed E-state index contributed by atoms with van der Waals surface area (Å²) in [6.07, 6.45) is 9.29. The molecule has 0 aromatic heterocycles. The van der Waals surface area contributed by atoms with E-state index in [1.165, 1.54) is 44.9 Å². The van der Waals surface area contributed by atoms with E-state index in [0.29, 0.717) is 12.0 Å². The van der Waals surface area contributed by atoms with Gasteiger partial charge in [-0.05, 0) is 48.8 Å². The van der Waals surface area contributed by atoms with Crippen molar-refractivity contribution in [1.82, 2.24) is 4.90 Å². The molecule has 1 amide bonds. The van der Waals surface area contributed by atoms with Gasteiger partial charge in [0.2, 0.25) is 0 Å². The van der Waals surface area contributed by atoms with Gasteiger partial charge in [0.1, 0.15) is 0 Å². The Bertz CT molecular complexity index is 496. The summed E-state index contributed by atoms with van der Waals surface area (Å²) in [6.45, 7) is 2.33. The highest BCUT2D eigenvalue weighted by atomic mass is 16.2. The number of carbonyl (C=O) groups is 1. The molecular formula is C18H26N2O. The van der Waals surface area contributed by atoms with E-state index in [9.17, 15) is 4.79 Å². The van der Waals surface area contributed by atoms with Crippen molar-refractivity contribution < 1.29 is 4.79 Å². The van der Waals surface area contributed by atoms with Crippen molar-refractivity contribution in [3.63, 3.8) is 0 Å². The van der Waals surface area contributed by atoms with Gasteiger partial charge in [-0.2, -0.15) is 0 Å². The Labute approximate surface area is 127 Å². The molecule has 21 heavy (non-hydrogen) atoms. The van der Waals surface area contributed by atoms with Gasteiger partial charge in [0.15, 0.2) is 0 Å². The molecule has 2 fully saturated rings.